The van der Waals surface area contributed by atoms with Gasteiger partial charge in [-0.05, 0) is 59.9 Å². The van der Waals surface area contributed by atoms with E-state index in [9.17, 15) is 0 Å². The van der Waals surface area contributed by atoms with Crippen LogP contribution in [0.3, 0.4) is 0 Å². The fourth-order valence-electron chi connectivity index (χ4n) is 7.55. The number of rotatable bonds is 7. The maximum absolute atomic E-state index is 8.56. The molecule has 0 N–H and O–H groups in total. The molecule has 9 rings (SSSR count). The second-order valence-electron chi connectivity index (χ2n) is 17.6. The van der Waals surface area contributed by atoms with Crippen molar-refractivity contribution < 1.29 is 27.3 Å². The van der Waals surface area contributed by atoms with Crippen molar-refractivity contribution in [1.29, 1.82) is 0 Å². The van der Waals surface area contributed by atoms with Crippen LogP contribution in [0.25, 0.3) is 72.6 Å². The molecule has 0 atom stereocenters. The second-order valence-corrected chi connectivity index (χ2v) is 28.1. The minimum atomic E-state index is -2.20. The van der Waals surface area contributed by atoms with Crippen LogP contribution in [0.5, 0.6) is 0 Å². The molecular weight excluding hydrogens is 973 g/mol. The molecule has 1 radical (unpaired) electrons. The van der Waals surface area contributed by atoms with Crippen molar-refractivity contribution in [3.05, 3.63) is 163 Å². The third-order valence-corrected chi connectivity index (χ3v) is 14.8. The van der Waals surface area contributed by atoms with Crippen LogP contribution in [0.1, 0.15) is 54.2 Å². The number of furan rings is 1. The van der Waals surface area contributed by atoms with Crippen molar-refractivity contribution in [2.45, 2.75) is 70.6 Å². The van der Waals surface area contributed by atoms with Crippen molar-refractivity contribution in [1.82, 2.24) is 19.5 Å². The Balaban J connectivity index is 0.000000215. The SMILES string of the molecule is Cc1ccc2c(n1)oc1c(-c3nc4ccccc4n3-c3ccc(C(C)(C)C)cc3-c3ccccc3)[c-]ccc12.[2H]C([2H])(c1cc(-c2[c-]cccc2)nc[c]1[Ge]([CH3])([CH3])[CH3])C(C)C.[Ir]. The maximum atomic E-state index is 8.56. The number of para-hydroxylation sites is 2. The monoisotopic (exact) mass is 1030 g/mol. The molecule has 0 aliphatic carbocycles. The average molecular weight is 1030 g/mol. The van der Waals surface area contributed by atoms with Crippen molar-refractivity contribution >= 4 is 50.8 Å². The Bertz CT molecular complexity index is 3020. The molecule has 0 bridgehead atoms. The first-order valence-corrected chi connectivity index (χ1v) is 27.7. The summed E-state index contributed by atoms with van der Waals surface area (Å²) in [5.41, 5.74) is 12.3. The molecule has 5 aromatic carbocycles. The standard InChI is InChI=1S/C35H28N3O.C18H24GeN.Ir/c1-22-17-19-26-25-13-10-14-27(32(25)39-34(26)36-22)33-37-29-15-8-9-16-31(29)38(33)30-20-18-24(35(2,3)4)21-28(30)23-11-6-5-7-12-23;1-14(2)11-16-12-18(15-9-7-6-8-10-15)20-13-17(16)19(3,4)5;/h5-13,15-21H,1-4H3;6-9,12-14H,11H2,1-5H3;/q2*-1;/i;11D2;. The van der Waals surface area contributed by atoms with Gasteiger partial charge in [0.25, 0.3) is 0 Å². The van der Waals surface area contributed by atoms with Gasteiger partial charge in [-0.15, -0.1) is 18.2 Å². The van der Waals surface area contributed by atoms with Crippen molar-refractivity contribution in [2.24, 2.45) is 5.92 Å². The number of pyridine rings is 2. The zero-order valence-electron chi connectivity index (χ0n) is 37.8. The fourth-order valence-corrected chi connectivity index (χ4v) is 10.5. The third-order valence-electron chi connectivity index (χ3n) is 10.6. The van der Waals surface area contributed by atoms with Crippen LogP contribution in [0.15, 0.2) is 138 Å². The van der Waals surface area contributed by atoms with Gasteiger partial charge in [0.1, 0.15) is 0 Å². The molecule has 0 unspecified atom stereocenters. The third kappa shape index (κ3) is 8.83. The fraction of sp³-hybridized carbons (Fsp3) is 0.226. The number of hydrogen-bond acceptors (Lipinski definition) is 4. The maximum Gasteiger partial charge on any atom is 0 e. The smallest absolute Gasteiger partial charge is 0 e. The van der Waals surface area contributed by atoms with Crippen LogP contribution < -0.4 is 4.40 Å². The summed E-state index contributed by atoms with van der Waals surface area (Å²) in [7, 11) is 0. The number of fused-ring (bicyclic) bond motifs is 4. The van der Waals surface area contributed by atoms with Crippen LogP contribution in [-0.2, 0) is 31.9 Å². The molecule has 0 saturated heterocycles. The molecule has 60 heavy (non-hydrogen) atoms. The van der Waals surface area contributed by atoms with E-state index in [0.29, 0.717) is 5.71 Å². The van der Waals surface area contributed by atoms with Crippen LogP contribution >= 0.6 is 0 Å². The van der Waals surface area contributed by atoms with E-state index in [1.807, 2.05) is 81.6 Å². The van der Waals surface area contributed by atoms with Gasteiger partial charge in [0.15, 0.2) is 0 Å². The minimum absolute atomic E-state index is 0. The zero-order valence-corrected chi connectivity index (χ0v) is 40.3. The Morgan fingerprint density at radius 1 is 0.800 bits per heavy atom. The molecule has 5 nitrogen and oxygen atoms in total. The van der Waals surface area contributed by atoms with Gasteiger partial charge in [0, 0.05) is 42.4 Å². The van der Waals surface area contributed by atoms with Crippen LogP contribution in [-0.4, -0.2) is 32.8 Å². The van der Waals surface area contributed by atoms with Gasteiger partial charge in [0.05, 0.1) is 22.4 Å². The Morgan fingerprint density at radius 3 is 2.27 bits per heavy atom. The number of aryl methyl sites for hydroxylation is 1. The first-order valence-electron chi connectivity index (χ1n) is 21.4. The Hall–Kier alpha value is -5.14. The van der Waals surface area contributed by atoms with Crippen molar-refractivity contribution in [3.8, 4) is 39.5 Å². The molecule has 4 aromatic heterocycles. The molecule has 0 fully saturated rings. The number of imidazole rings is 1. The largest absolute Gasteiger partial charge is 0 e. The molecule has 4 heterocycles. The van der Waals surface area contributed by atoms with E-state index < -0.39 is 19.6 Å². The number of nitrogens with zero attached hydrogens (tertiary/aromatic N) is 4. The quantitative estimate of drug-likeness (QED) is 0.118. The van der Waals surface area contributed by atoms with Gasteiger partial charge in [-0.1, -0.05) is 80.3 Å². The topological polar surface area (TPSA) is 56.7 Å². The number of aromatic nitrogens is 4. The number of hydrogen-bond donors (Lipinski definition) is 0. The summed E-state index contributed by atoms with van der Waals surface area (Å²) in [5, 5.41) is 2.00. The summed E-state index contributed by atoms with van der Waals surface area (Å²) in [6.45, 7) is 12.6. The van der Waals surface area contributed by atoms with Gasteiger partial charge in [-0.3, -0.25) is 4.98 Å². The van der Waals surface area contributed by atoms with E-state index in [1.54, 1.807) is 0 Å². The Morgan fingerprint density at radius 2 is 1.55 bits per heavy atom. The van der Waals surface area contributed by atoms with Crippen molar-refractivity contribution in [3.63, 3.8) is 0 Å². The summed E-state index contributed by atoms with van der Waals surface area (Å²) in [4.78, 5) is 14.4. The molecule has 0 saturated carbocycles. The summed E-state index contributed by atoms with van der Waals surface area (Å²) in [6, 6.07) is 50.0. The zero-order chi connectivity index (χ0) is 43.3. The molecule has 9 aromatic rings. The predicted molar refractivity (Wildman–Crippen MR) is 249 cm³/mol. The van der Waals surface area contributed by atoms with Gasteiger partial charge in [-0.25, -0.2) is 4.98 Å². The second kappa shape index (κ2) is 17.5. The van der Waals surface area contributed by atoms with Crippen LogP contribution in [0, 0.1) is 25.0 Å². The van der Waals surface area contributed by atoms with E-state index >= 15 is 0 Å². The van der Waals surface area contributed by atoms with E-state index in [0.717, 1.165) is 82.5 Å². The predicted octanol–water partition coefficient (Wildman–Crippen LogP) is 13.3. The Labute approximate surface area is 373 Å². The van der Waals surface area contributed by atoms with Crippen LogP contribution in [0.4, 0.5) is 0 Å². The molecule has 0 aliphatic rings. The van der Waals surface area contributed by atoms with Gasteiger partial charge in [-0.2, -0.15) is 0 Å². The first kappa shape index (κ1) is 40.3. The van der Waals surface area contributed by atoms with Gasteiger partial charge >= 0.3 is 128 Å². The summed E-state index contributed by atoms with van der Waals surface area (Å²) >= 11 is -2.20. The molecule has 0 spiro atoms. The first-order chi connectivity index (χ1) is 29.0. The van der Waals surface area contributed by atoms with Gasteiger partial charge in [0.2, 0.25) is 5.71 Å². The summed E-state index contributed by atoms with van der Waals surface area (Å²) in [5.74, 6) is 7.56. The van der Waals surface area contributed by atoms with Crippen LogP contribution in [0.2, 0.25) is 17.3 Å². The van der Waals surface area contributed by atoms with E-state index in [4.69, 9.17) is 12.1 Å². The summed E-state index contributed by atoms with van der Waals surface area (Å²) in [6.07, 6.45) is 0.562. The molecule has 305 valence electrons. The Kier molecular flexibility index (Phi) is 11.7. The van der Waals surface area contributed by atoms with Crippen molar-refractivity contribution in [2.75, 3.05) is 0 Å². The summed E-state index contributed by atoms with van der Waals surface area (Å²) < 4.78 is 26.9. The molecule has 7 heteroatoms. The minimum Gasteiger partial charge on any atom is 0 e. The molecule has 0 aliphatic heterocycles. The average Bonchev–Trinajstić information content (AvgIpc) is 3.81. The van der Waals surface area contributed by atoms with E-state index in [2.05, 4.69) is 138 Å². The van der Waals surface area contributed by atoms with E-state index in [-0.39, 0.29) is 31.4 Å². The normalized spacial score (nSPS) is 12.6. The molecule has 0 amide bonds. The molecular formula is C53H52GeIrN4O-2. The number of benzene rings is 5. The van der Waals surface area contributed by atoms with E-state index in [1.165, 1.54) is 5.56 Å². The van der Waals surface area contributed by atoms with Gasteiger partial charge < -0.3 is 8.98 Å².